The summed E-state index contributed by atoms with van der Waals surface area (Å²) in [6.07, 6.45) is 11.3. The van der Waals surface area contributed by atoms with Crippen LogP contribution in [0.5, 0.6) is 0 Å². The van der Waals surface area contributed by atoms with E-state index in [1.165, 1.54) is 46.6 Å². The molecule has 39 heteroatoms. The molecule has 16 aromatic rings. The van der Waals surface area contributed by atoms with Crippen LogP contribution >= 0.6 is 56.3 Å². The monoisotopic (exact) mass is 2050 g/mol. The molecular formula is C96H98B2Br2ClFK2N15O15S. The van der Waals surface area contributed by atoms with Gasteiger partial charge in [-0.15, -0.1) is 11.6 Å². The van der Waals surface area contributed by atoms with E-state index in [2.05, 4.69) is 202 Å². The van der Waals surface area contributed by atoms with Crippen molar-refractivity contribution >= 4 is 156 Å². The summed E-state index contributed by atoms with van der Waals surface area (Å²) in [7, 11) is 1.93. The van der Waals surface area contributed by atoms with Crippen molar-refractivity contribution in [2.45, 2.75) is 94.8 Å². The number of rotatable bonds is 20. The summed E-state index contributed by atoms with van der Waals surface area (Å²) in [6, 6.07) is 70.0. The first-order valence-electron chi connectivity index (χ1n) is 41.4. The Morgan fingerprint density at radius 2 is 0.896 bits per heavy atom. The topological polar surface area (TPSA) is 418 Å². The van der Waals surface area contributed by atoms with Crippen LogP contribution in [0.25, 0.3) is 65.9 Å². The van der Waals surface area contributed by atoms with Gasteiger partial charge in [-0.05, 0) is 190 Å². The van der Waals surface area contributed by atoms with Crippen molar-refractivity contribution in [3.8, 4) is 28.8 Å². The predicted octanol–water partition coefficient (Wildman–Crippen LogP) is 11.9. The number of carboxylic acids is 1. The molecule has 689 valence electrons. The number of pyridine rings is 3. The number of esters is 4. The molecule has 16 rings (SSSR count). The van der Waals surface area contributed by atoms with E-state index in [1.807, 2.05) is 126 Å². The van der Waals surface area contributed by atoms with E-state index in [1.54, 1.807) is 102 Å². The number of H-pyrrole nitrogens is 2. The van der Waals surface area contributed by atoms with E-state index in [0.717, 1.165) is 55.1 Å². The molecule has 8 aromatic carbocycles. The number of fused-ring (bicyclic) bond motifs is 4. The van der Waals surface area contributed by atoms with Gasteiger partial charge in [0.05, 0.1) is 84.1 Å². The van der Waals surface area contributed by atoms with Gasteiger partial charge in [-0.3, -0.25) is 24.1 Å². The number of carboxylic acid groups (broad SMARTS) is 1. The number of alkyl halides is 2. The van der Waals surface area contributed by atoms with Crippen molar-refractivity contribution in [3.05, 3.63) is 338 Å². The van der Waals surface area contributed by atoms with Gasteiger partial charge < -0.3 is 69.3 Å². The van der Waals surface area contributed by atoms with Crippen LogP contribution in [0.2, 0.25) is 0 Å². The van der Waals surface area contributed by atoms with Gasteiger partial charge in [0, 0.05) is 78.0 Å². The van der Waals surface area contributed by atoms with Crippen molar-refractivity contribution in [1.82, 2.24) is 63.5 Å². The van der Waals surface area contributed by atoms with Crippen LogP contribution in [-0.2, 0) is 54.1 Å². The molecule has 8 aromatic heterocycles. The maximum atomic E-state index is 12.7. The molecule has 0 unspecified atom stereocenters. The number of thiol groups is 1. The number of carbonyl (C=O) groups excluding carboxylic acids is 5. The first-order chi connectivity index (χ1) is 64.7. The second kappa shape index (κ2) is 63.5. The van der Waals surface area contributed by atoms with Gasteiger partial charge >= 0.3 is 164 Å². The number of aryl methyl sites for hydroxylation is 5. The number of carbonyl (C=O) groups is 6. The zero-order valence-electron chi connectivity index (χ0n) is 78.3. The van der Waals surface area contributed by atoms with E-state index in [-0.39, 0.29) is 134 Å². The minimum absolute atomic E-state index is 0. The third-order valence-corrected chi connectivity index (χ3v) is 19.9. The summed E-state index contributed by atoms with van der Waals surface area (Å²) in [5, 5.41) is 52.0. The fraction of sp³-hybridized carbons (Fsp3) is 0.198. The van der Waals surface area contributed by atoms with E-state index in [4.69, 9.17) is 57.3 Å². The van der Waals surface area contributed by atoms with Crippen LogP contribution < -0.4 is 113 Å². The smallest absolute Gasteiger partial charge is 1.00 e. The number of ether oxygens (including phenoxy) is 4. The Balaban J connectivity index is 0.000000413. The van der Waals surface area contributed by atoms with Crippen LogP contribution in [0.15, 0.2) is 264 Å². The van der Waals surface area contributed by atoms with Crippen LogP contribution in [-0.4, -0.2) is 163 Å². The quantitative estimate of drug-likeness (QED) is 0.00603. The number of aromatic nitrogens is 13. The number of nitrogens with zero attached hydrogens (tertiary/aromatic N) is 13. The molecule has 8 heterocycles. The van der Waals surface area contributed by atoms with Crippen molar-refractivity contribution in [2.24, 2.45) is 4.30 Å². The van der Waals surface area contributed by atoms with Gasteiger partial charge in [-0.2, -0.15) is 5.26 Å². The number of nitriles is 1. The number of halogens is 4. The van der Waals surface area contributed by atoms with Crippen molar-refractivity contribution in [2.75, 3.05) is 33.6 Å². The predicted molar refractivity (Wildman–Crippen MR) is 521 cm³/mol. The minimum Gasteiger partial charge on any atom is -1.00 e. The Morgan fingerprint density at radius 3 is 1.23 bits per heavy atom. The second-order valence-electron chi connectivity index (χ2n) is 27.2. The summed E-state index contributed by atoms with van der Waals surface area (Å²) in [5.74, 6) is -0.538. The Labute approximate surface area is 897 Å². The summed E-state index contributed by atoms with van der Waals surface area (Å²) >= 11 is 15.6. The number of imidazole rings is 5. The molecular weight excluding hydrogens is 1950 g/mol. The normalized spacial score (nSPS) is 9.88. The average Bonchev–Trinajstić information content (AvgIpc) is 1.63. The maximum absolute atomic E-state index is 12.7. The van der Waals surface area contributed by atoms with Gasteiger partial charge in [0.25, 0.3) is 6.47 Å². The SMILES string of the molecule is CC#N.CCOC(=O)c1c(C)nc(-c2cccnc2)n1Cc1cccc2ccccc12.CCOC(=O)c1c(C)nc(Br)n1Cc1cccc2ccccc12.CCOC(=O)c1nc(Br)[nH]c1C.CCOC(=O)c1nc[nH]c1C.Cc1nc(-c2cccnc2)n(Cc2cccc3ccccc23)c1C(=O)O.ClCc1cccc2ccccc12.O=CO[O-].OB(O)c1cccnc1.[2H]CF.[B]=NS.[H-].[K+].[K+]. The number of hydrogen-bond donors (Lipinski definition) is 6. The number of hydrogen-bond acceptors (Lipinski definition) is 25. The summed E-state index contributed by atoms with van der Waals surface area (Å²) in [6.45, 7) is 20.2. The molecule has 0 saturated heterocycles. The van der Waals surface area contributed by atoms with E-state index < -0.39 is 26.2 Å². The second-order valence-corrected chi connectivity index (χ2v) is 29.2. The Bertz CT molecular complexity index is 6500. The van der Waals surface area contributed by atoms with Crippen LogP contribution in [0.3, 0.4) is 0 Å². The molecule has 5 N–H and O–H groups in total. The standard InChI is InChI=1S/C23H21N3O2.C21H17N3O2.C18H17BrN2O2.C11H9Cl.C7H9BrN2O2.C7H10N2O2.C5H6BNO2.C2H3N.CH3F.CH2O3.BHNS.2K.H/c1-3-28-23(27)21-16(2)25-22(18-11-7-13-24-14-18)26(21)15-19-10-6-9-17-8-4-5-12-20(17)19;1-14-19(21(25)26)24(20(23-14)16-9-5-11-22-12-16)13-17-8-4-7-15-6-2-3-10-18(15)17;1-3-23-17(22)16-12(2)20-18(19)21(16)11-14-9-6-8-13-7-4-5-10-15(13)14;12-8-10-6-3-5-9-4-1-2-7-11(9)10;1-3-12-6(11)5-4(2)9-7(8)10-5;1-3-11-7(10)6-5(2)8-4-9-6;8-6(9)5-2-1-3-7-4-5;1-2-3;1-2;2-1-4-3;1-2-3;;;/h4-14H,3,15H2,1-2H3;2-12H,13H2,1H3,(H,25,26);4-10H,3,11H2,1-2H3;1-7H,8H2;3H2,1-2H3,(H,9,10);4H,3H2,1-2H3,(H,8,9);1-4,8-9H;1H3;1H3;1,3H;3H;;;/q;;;;;;;;;;;2*+1;-1/p-1/i;;;;;;;;1D;;;;;. The fourth-order valence-corrected chi connectivity index (χ4v) is 14.4. The average molecular weight is 2050 g/mol. The molecule has 0 aliphatic carbocycles. The van der Waals surface area contributed by atoms with Crippen LogP contribution in [0.4, 0.5) is 4.39 Å². The third kappa shape index (κ3) is 35.4. The summed E-state index contributed by atoms with van der Waals surface area (Å²) < 4.78 is 44.9. The van der Waals surface area contributed by atoms with E-state index >= 15 is 0 Å². The zero-order chi connectivity index (χ0) is 98.0. The summed E-state index contributed by atoms with van der Waals surface area (Å²) in [4.78, 5) is 109. The zero-order valence-corrected chi connectivity index (χ0v) is 87.3. The van der Waals surface area contributed by atoms with Gasteiger partial charge in [0.15, 0.2) is 37.9 Å². The van der Waals surface area contributed by atoms with Gasteiger partial charge in [0.2, 0.25) is 0 Å². The largest absolute Gasteiger partial charge is 1.00 e. The molecule has 0 amide bonds. The van der Waals surface area contributed by atoms with Crippen molar-refractivity contribution < 1.29 is 183 Å². The number of aromatic amines is 2. The Morgan fingerprint density at radius 1 is 0.556 bits per heavy atom. The molecule has 0 spiro atoms. The molecule has 0 bridgehead atoms. The molecule has 0 atom stereocenters. The number of aromatic carboxylic acids is 1. The van der Waals surface area contributed by atoms with E-state index in [9.17, 15) is 33.5 Å². The number of benzene rings is 8. The molecule has 30 nitrogen and oxygen atoms in total. The Hall–Kier alpha value is -10.8. The molecule has 1 radical (unpaired) electrons. The Kier molecular flexibility index (Phi) is 54.0. The molecule has 0 saturated carbocycles. The van der Waals surface area contributed by atoms with Crippen molar-refractivity contribution in [3.63, 3.8) is 0 Å². The van der Waals surface area contributed by atoms with Gasteiger partial charge in [0.1, 0.15) is 11.6 Å². The first kappa shape index (κ1) is 115. The van der Waals surface area contributed by atoms with E-state index in [0.29, 0.717) is 124 Å². The van der Waals surface area contributed by atoms with Crippen LogP contribution in [0, 0.1) is 45.9 Å². The van der Waals surface area contributed by atoms with Crippen molar-refractivity contribution in [1.29, 1.82) is 5.26 Å². The van der Waals surface area contributed by atoms with Gasteiger partial charge in [-0.1, -0.05) is 176 Å². The minimum atomic E-state index is -1.40. The molecule has 0 aliphatic rings. The molecule has 135 heavy (non-hydrogen) atoms. The number of nitrogens with one attached hydrogen (secondary N) is 2. The van der Waals surface area contributed by atoms with Crippen LogP contribution in [0.1, 0.15) is 141 Å². The fourth-order valence-electron chi connectivity index (χ4n) is 13.1. The molecule has 0 fully saturated rings. The molecule has 0 aliphatic heterocycles. The van der Waals surface area contributed by atoms with Gasteiger partial charge in [-0.25, -0.2) is 48.9 Å². The first-order valence-corrected chi connectivity index (χ1v) is 43.2. The summed E-state index contributed by atoms with van der Waals surface area (Å²) in [5.41, 5.74) is 11.7. The third-order valence-electron chi connectivity index (χ3n) is 18.7. The maximum Gasteiger partial charge on any atom is 1.00 e.